The normalized spacial score (nSPS) is 10.9. The Morgan fingerprint density at radius 2 is 1.73 bits per heavy atom. The predicted octanol–water partition coefficient (Wildman–Crippen LogP) is 6.08. The molecule has 33 heavy (non-hydrogen) atoms. The second kappa shape index (κ2) is 9.92. The van der Waals surface area contributed by atoms with Crippen LogP contribution in [0.25, 0.3) is 10.9 Å². The number of hydrogen-bond donors (Lipinski definition) is 2. The number of aromatic amines is 1. The maximum absolute atomic E-state index is 13.2. The minimum absolute atomic E-state index is 0.182. The van der Waals surface area contributed by atoms with E-state index in [-0.39, 0.29) is 18.1 Å². The molecule has 0 atom stereocenters. The largest absolute Gasteiger partial charge is 0.322 e. The molecule has 2 N–H and O–H groups in total. The number of nitrogens with zero attached hydrogens (tertiary/aromatic N) is 1. The number of halogens is 1. The van der Waals surface area contributed by atoms with Crippen LogP contribution in [0.4, 0.5) is 10.5 Å². The highest BCUT2D eigenvalue weighted by Gasteiger charge is 2.17. The Morgan fingerprint density at radius 3 is 2.45 bits per heavy atom. The minimum Gasteiger partial charge on any atom is -0.321 e. The van der Waals surface area contributed by atoms with E-state index in [1.807, 2.05) is 62.4 Å². The maximum Gasteiger partial charge on any atom is 0.322 e. The van der Waals surface area contributed by atoms with Gasteiger partial charge in [-0.2, -0.15) is 0 Å². The van der Waals surface area contributed by atoms with E-state index >= 15 is 0 Å². The number of benzene rings is 3. The molecule has 0 aliphatic carbocycles. The molecule has 4 rings (SSSR count). The van der Waals surface area contributed by atoms with Gasteiger partial charge in [0.2, 0.25) is 0 Å². The molecule has 0 aliphatic heterocycles. The number of amides is 2. The van der Waals surface area contributed by atoms with Crippen LogP contribution in [0.15, 0.2) is 77.6 Å². The average molecular weight is 460 g/mol. The van der Waals surface area contributed by atoms with Crippen molar-refractivity contribution in [1.82, 2.24) is 9.88 Å². The molecule has 1 heterocycles. The number of carbonyl (C=O) groups is 1. The molecule has 0 aliphatic rings. The van der Waals surface area contributed by atoms with Gasteiger partial charge in [0.05, 0.1) is 12.1 Å². The molecule has 6 heteroatoms. The number of aryl methyl sites for hydroxylation is 2. The van der Waals surface area contributed by atoms with Crippen molar-refractivity contribution < 1.29 is 4.79 Å². The lowest BCUT2D eigenvalue weighted by molar-refractivity contribution is 0.209. The van der Waals surface area contributed by atoms with Crippen LogP contribution in [0.2, 0.25) is 5.02 Å². The van der Waals surface area contributed by atoms with E-state index in [9.17, 15) is 9.59 Å². The summed E-state index contributed by atoms with van der Waals surface area (Å²) < 4.78 is 0. The van der Waals surface area contributed by atoms with Crippen LogP contribution >= 0.6 is 11.6 Å². The molecule has 0 radical (unpaired) electrons. The second-order valence-electron chi connectivity index (χ2n) is 8.26. The average Bonchev–Trinajstić information content (AvgIpc) is 2.79. The summed E-state index contributed by atoms with van der Waals surface area (Å²) in [6.07, 6.45) is 0.679. The van der Waals surface area contributed by atoms with Gasteiger partial charge < -0.3 is 15.2 Å². The van der Waals surface area contributed by atoms with Crippen molar-refractivity contribution in [2.75, 3.05) is 11.9 Å². The van der Waals surface area contributed by atoms with Crippen molar-refractivity contribution in [2.24, 2.45) is 0 Å². The number of hydrogen-bond acceptors (Lipinski definition) is 2. The first-order valence-corrected chi connectivity index (χ1v) is 11.3. The van der Waals surface area contributed by atoms with Crippen LogP contribution < -0.4 is 10.9 Å². The second-order valence-corrected chi connectivity index (χ2v) is 8.70. The van der Waals surface area contributed by atoms with Crippen LogP contribution in [-0.2, 0) is 13.0 Å². The number of fused-ring (bicyclic) bond motifs is 1. The van der Waals surface area contributed by atoms with Gasteiger partial charge in [-0.15, -0.1) is 0 Å². The summed E-state index contributed by atoms with van der Waals surface area (Å²) in [6, 6.07) is 22.7. The Hall–Kier alpha value is -3.57. The first-order valence-electron chi connectivity index (χ1n) is 10.9. The van der Waals surface area contributed by atoms with Crippen LogP contribution in [-0.4, -0.2) is 22.5 Å². The van der Waals surface area contributed by atoms with Gasteiger partial charge in [-0.3, -0.25) is 4.79 Å². The molecule has 0 fully saturated rings. The minimum atomic E-state index is -0.270. The Kier molecular flexibility index (Phi) is 6.80. The number of rotatable bonds is 6. The lowest BCUT2D eigenvalue weighted by Gasteiger charge is -2.23. The summed E-state index contributed by atoms with van der Waals surface area (Å²) in [7, 11) is 0. The summed E-state index contributed by atoms with van der Waals surface area (Å²) in [4.78, 5) is 30.7. The molecule has 1 aromatic heterocycles. The van der Waals surface area contributed by atoms with Crippen molar-refractivity contribution in [3.63, 3.8) is 0 Å². The van der Waals surface area contributed by atoms with Crippen LogP contribution in [0.1, 0.15) is 22.3 Å². The molecule has 0 unspecified atom stereocenters. The van der Waals surface area contributed by atoms with Gasteiger partial charge in [0, 0.05) is 22.8 Å². The maximum atomic E-state index is 13.2. The van der Waals surface area contributed by atoms with E-state index in [1.165, 1.54) is 0 Å². The molecule has 4 aromatic rings. The van der Waals surface area contributed by atoms with Crippen molar-refractivity contribution >= 4 is 34.2 Å². The van der Waals surface area contributed by atoms with E-state index in [0.29, 0.717) is 29.2 Å². The number of urea groups is 1. The lowest BCUT2D eigenvalue weighted by Crippen LogP contribution is -2.37. The molecule has 0 saturated heterocycles. The number of carbonyl (C=O) groups excluding carboxylic acids is 1. The molecule has 3 aromatic carbocycles. The number of aromatic nitrogens is 1. The molecule has 5 nitrogen and oxygen atoms in total. The molecular formula is C27H26ClN3O2. The molecule has 0 saturated carbocycles. The quantitative estimate of drug-likeness (QED) is 0.367. The van der Waals surface area contributed by atoms with Crippen molar-refractivity contribution in [3.8, 4) is 0 Å². The fraction of sp³-hybridized carbons (Fsp3) is 0.185. The molecule has 2 amide bonds. The van der Waals surface area contributed by atoms with Crippen molar-refractivity contribution in [2.45, 2.75) is 26.8 Å². The monoisotopic (exact) mass is 459 g/mol. The van der Waals surface area contributed by atoms with Crippen LogP contribution in [0.3, 0.4) is 0 Å². The van der Waals surface area contributed by atoms with Gasteiger partial charge in [-0.05, 0) is 73.2 Å². The van der Waals surface area contributed by atoms with Crippen LogP contribution in [0, 0.1) is 13.8 Å². The van der Waals surface area contributed by atoms with E-state index < -0.39 is 0 Å². The van der Waals surface area contributed by atoms with E-state index in [1.54, 1.807) is 29.2 Å². The zero-order valence-electron chi connectivity index (χ0n) is 18.7. The first kappa shape index (κ1) is 22.6. The van der Waals surface area contributed by atoms with Gasteiger partial charge in [0.1, 0.15) is 0 Å². The molecule has 0 bridgehead atoms. The summed E-state index contributed by atoms with van der Waals surface area (Å²) in [6.45, 7) is 4.68. The van der Waals surface area contributed by atoms with E-state index in [4.69, 9.17) is 11.6 Å². The first-order chi connectivity index (χ1) is 15.9. The van der Waals surface area contributed by atoms with Gasteiger partial charge in [0.15, 0.2) is 0 Å². The Morgan fingerprint density at radius 1 is 1.00 bits per heavy atom. The van der Waals surface area contributed by atoms with Gasteiger partial charge in [-0.25, -0.2) is 4.79 Å². The Labute approximate surface area is 198 Å². The highest BCUT2D eigenvalue weighted by Crippen LogP contribution is 2.19. The standard InChI is InChI=1S/C27H26ClN3O2/c1-18-14-19(2)25-21(15-18)16-22(26(32)30-25)17-31(13-12-20-6-4-3-5-7-20)27(33)29-24-10-8-23(28)9-11-24/h3-11,14-16H,12-13,17H2,1-2H3,(H,29,33)(H,30,32). The topological polar surface area (TPSA) is 65.2 Å². The Bertz CT molecular complexity index is 1330. The number of nitrogens with one attached hydrogen (secondary N) is 2. The predicted molar refractivity (Wildman–Crippen MR) is 135 cm³/mol. The Balaban J connectivity index is 1.62. The summed E-state index contributed by atoms with van der Waals surface area (Å²) >= 11 is 5.96. The third kappa shape index (κ3) is 5.62. The van der Waals surface area contributed by atoms with Gasteiger partial charge >= 0.3 is 6.03 Å². The van der Waals surface area contributed by atoms with Crippen LogP contribution in [0.5, 0.6) is 0 Å². The summed E-state index contributed by atoms with van der Waals surface area (Å²) in [5.41, 5.74) is 5.11. The lowest BCUT2D eigenvalue weighted by atomic mass is 10.0. The summed E-state index contributed by atoms with van der Waals surface area (Å²) in [5.74, 6) is 0. The molecule has 168 valence electrons. The fourth-order valence-electron chi connectivity index (χ4n) is 3.95. The van der Waals surface area contributed by atoms with Gasteiger partial charge in [0.25, 0.3) is 5.56 Å². The number of anilines is 1. The molecule has 0 spiro atoms. The summed E-state index contributed by atoms with van der Waals surface area (Å²) in [5, 5.41) is 4.48. The zero-order chi connectivity index (χ0) is 23.4. The third-order valence-electron chi connectivity index (χ3n) is 5.63. The van der Waals surface area contributed by atoms with Crippen molar-refractivity contribution in [3.05, 3.63) is 110 Å². The molecular weight excluding hydrogens is 434 g/mol. The third-order valence-corrected chi connectivity index (χ3v) is 5.88. The smallest absolute Gasteiger partial charge is 0.321 e. The van der Waals surface area contributed by atoms with E-state index in [2.05, 4.69) is 10.3 Å². The van der Waals surface area contributed by atoms with Gasteiger partial charge in [-0.1, -0.05) is 53.6 Å². The highest BCUT2D eigenvalue weighted by atomic mass is 35.5. The van der Waals surface area contributed by atoms with Crippen molar-refractivity contribution in [1.29, 1.82) is 0 Å². The number of pyridine rings is 1. The number of H-pyrrole nitrogens is 1. The van der Waals surface area contributed by atoms with E-state index in [0.717, 1.165) is 27.6 Å². The zero-order valence-corrected chi connectivity index (χ0v) is 19.4. The SMILES string of the molecule is Cc1cc(C)c2[nH]c(=O)c(CN(CCc3ccccc3)C(=O)Nc3ccc(Cl)cc3)cc2c1. The fourth-order valence-corrected chi connectivity index (χ4v) is 4.08. The highest BCUT2D eigenvalue weighted by molar-refractivity contribution is 6.30.